The van der Waals surface area contributed by atoms with Gasteiger partial charge in [-0.3, -0.25) is 10.9 Å². The number of nitrogens with one attached hydrogen (secondary N) is 2. The van der Waals surface area contributed by atoms with Crippen LogP contribution in [0.5, 0.6) is 0 Å². The number of nitrogens with zero attached hydrogens (tertiary/aromatic N) is 4. The van der Waals surface area contributed by atoms with E-state index in [1.807, 2.05) is 13.8 Å². The van der Waals surface area contributed by atoms with Gasteiger partial charge in [0.05, 0.1) is 11.4 Å². The first kappa shape index (κ1) is 21.0. The smallest absolute Gasteiger partial charge is 0.189 e. The molecule has 0 atom stereocenters. The Hall–Kier alpha value is -1.28. The van der Waals surface area contributed by atoms with E-state index in [2.05, 4.69) is 30.9 Å². The molecule has 2 fully saturated rings. The summed E-state index contributed by atoms with van der Waals surface area (Å²) >= 11 is 10.9. The molecule has 2 saturated heterocycles. The highest BCUT2D eigenvalue weighted by Crippen LogP contribution is 2.10. The van der Waals surface area contributed by atoms with Crippen LogP contribution in [0.4, 0.5) is 0 Å². The average molecular weight is 397 g/mol. The predicted molar refractivity (Wildman–Crippen MR) is 118 cm³/mol. The predicted octanol–water partition coefficient (Wildman–Crippen LogP) is 3.24. The van der Waals surface area contributed by atoms with E-state index >= 15 is 0 Å². The summed E-state index contributed by atoms with van der Waals surface area (Å²) in [6.45, 7) is 7.90. The van der Waals surface area contributed by atoms with Crippen molar-refractivity contribution in [3.63, 3.8) is 0 Å². The molecule has 0 unspecified atom stereocenters. The minimum absolute atomic E-state index is 0.701. The van der Waals surface area contributed by atoms with E-state index in [0.29, 0.717) is 10.2 Å². The van der Waals surface area contributed by atoms with Gasteiger partial charge in [0.1, 0.15) is 0 Å². The molecule has 146 valence electrons. The van der Waals surface area contributed by atoms with E-state index < -0.39 is 0 Å². The maximum atomic E-state index is 5.47. The molecule has 0 radical (unpaired) electrons. The summed E-state index contributed by atoms with van der Waals surface area (Å²) in [4.78, 5) is 4.41. The van der Waals surface area contributed by atoms with Gasteiger partial charge in [0.2, 0.25) is 0 Å². The summed E-state index contributed by atoms with van der Waals surface area (Å²) in [5.74, 6) is 0. The lowest BCUT2D eigenvalue weighted by Gasteiger charge is -2.22. The van der Waals surface area contributed by atoms with E-state index in [-0.39, 0.29) is 0 Å². The first-order chi connectivity index (χ1) is 12.6. The third-order valence-corrected chi connectivity index (χ3v) is 5.65. The molecule has 6 nitrogen and oxygen atoms in total. The SMILES string of the molecule is CC(=N/NC(=S)N1CCCCCC1)/C(C)=N\NC(=S)N1CCCCCC1. The Bertz CT molecular complexity index is 482. The van der Waals surface area contributed by atoms with Gasteiger partial charge in [-0.15, -0.1) is 0 Å². The summed E-state index contributed by atoms with van der Waals surface area (Å²) in [5, 5.41) is 10.2. The maximum absolute atomic E-state index is 5.47. The van der Waals surface area contributed by atoms with Gasteiger partial charge in [0, 0.05) is 26.2 Å². The number of hydrogen-bond acceptors (Lipinski definition) is 4. The Balaban J connectivity index is 1.81. The summed E-state index contributed by atoms with van der Waals surface area (Å²) in [5.41, 5.74) is 7.63. The summed E-state index contributed by atoms with van der Waals surface area (Å²) in [6, 6.07) is 0. The lowest BCUT2D eigenvalue weighted by molar-refractivity contribution is 0.428. The Kier molecular flexibility index (Phi) is 9.25. The molecule has 2 aliphatic heterocycles. The standard InChI is InChI=1S/C18H32N6S2/c1-15(19-21-17(25)23-11-7-3-4-8-12-23)16(2)20-22-18(26)24-13-9-5-6-10-14-24/h3-14H2,1-2H3,(H,21,25)(H,22,26)/b19-15-,20-16-. The number of thiocarbonyl (C=S) groups is 2. The molecule has 0 bridgehead atoms. The molecule has 0 aromatic carbocycles. The molecule has 0 saturated carbocycles. The fourth-order valence-corrected chi connectivity index (χ4v) is 3.57. The van der Waals surface area contributed by atoms with Gasteiger partial charge < -0.3 is 9.80 Å². The molecule has 0 aliphatic carbocycles. The lowest BCUT2D eigenvalue weighted by atomic mass is 10.2. The first-order valence-electron chi connectivity index (χ1n) is 9.76. The second kappa shape index (κ2) is 11.4. The molecule has 26 heavy (non-hydrogen) atoms. The van der Waals surface area contributed by atoms with E-state index in [1.165, 1.54) is 51.4 Å². The normalized spacial score (nSPS) is 20.2. The van der Waals surface area contributed by atoms with E-state index in [1.54, 1.807) is 0 Å². The van der Waals surface area contributed by atoms with E-state index in [9.17, 15) is 0 Å². The van der Waals surface area contributed by atoms with Gasteiger partial charge >= 0.3 is 0 Å². The Labute approximate surface area is 168 Å². The monoisotopic (exact) mass is 396 g/mol. The van der Waals surface area contributed by atoms with E-state index in [4.69, 9.17) is 24.4 Å². The van der Waals surface area contributed by atoms with Crippen molar-refractivity contribution in [2.75, 3.05) is 26.2 Å². The number of likely N-dealkylation sites (tertiary alicyclic amines) is 2. The first-order valence-corrected chi connectivity index (χ1v) is 10.6. The van der Waals surface area contributed by atoms with Crippen molar-refractivity contribution in [3.8, 4) is 0 Å². The highest BCUT2D eigenvalue weighted by atomic mass is 32.1. The van der Waals surface area contributed by atoms with Crippen LogP contribution < -0.4 is 10.9 Å². The molecule has 8 heteroatoms. The summed E-state index contributed by atoms with van der Waals surface area (Å²) in [6.07, 6.45) is 9.94. The maximum Gasteiger partial charge on any atom is 0.189 e. The fraction of sp³-hybridized carbons (Fsp3) is 0.778. The highest BCUT2D eigenvalue weighted by molar-refractivity contribution is 7.80. The van der Waals surface area contributed by atoms with Crippen molar-refractivity contribution in [2.45, 2.75) is 65.2 Å². The number of hydrogen-bond donors (Lipinski definition) is 2. The van der Waals surface area contributed by atoms with Gasteiger partial charge in [-0.1, -0.05) is 25.7 Å². The van der Waals surface area contributed by atoms with Gasteiger partial charge in [-0.05, 0) is 64.0 Å². The van der Waals surface area contributed by atoms with Crippen LogP contribution in [-0.2, 0) is 0 Å². The molecular formula is C18H32N6S2. The van der Waals surface area contributed by atoms with Crippen molar-refractivity contribution in [1.29, 1.82) is 0 Å². The van der Waals surface area contributed by atoms with Crippen molar-refractivity contribution in [2.24, 2.45) is 10.2 Å². The van der Waals surface area contributed by atoms with Crippen molar-refractivity contribution < 1.29 is 0 Å². The summed E-state index contributed by atoms with van der Waals surface area (Å²) < 4.78 is 0. The molecule has 2 rings (SSSR count). The van der Waals surface area contributed by atoms with Crippen LogP contribution in [0, 0.1) is 0 Å². The third-order valence-electron chi connectivity index (χ3n) is 4.95. The van der Waals surface area contributed by atoms with Crippen LogP contribution in [0.15, 0.2) is 10.2 Å². The Morgan fingerprint density at radius 2 is 0.923 bits per heavy atom. The molecule has 0 aromatic heterocycles. The van der Waals surface area contributed by atoms with Crippen LogP contribution in [0.1, 0.15) is 65.2 Å². The van der Waals surface area contributed by atoms with Crippen LogP contribution in [-0.4, -0.2) is 57.6 Å². The molecular weight excluding hydrogens is 364 g/mol. The largest absolute Gasteiger partial charge is 0.348 e. The van der Waals surface area contributed by atoms with Crippen molar-refractivity contribution in [1.82, 2.24) is 20.7 Å². The van der Waals surface area contributed by atoms with Crippen molar-refractivity contribution in [3.05, 3.63) is 0 Å². The van der Waals surface area contributed by atoms with Gasteiger partial charge in [0.25, 0.3) is 0 Å². The Morgan fingerprint density at radius 1 is 0.615 bits per heavy atom. The molecule has 0 aromatic rings. The second-order valence-electron chi connectivity index (χ2n) is 7.03. The van der Waals surface area contributed by atoms with E-state index in [0.717, 1.165) is 37.6 Å². The zero-order valence-corrected chi connectivity index (χ0v) is 17.7. The molecule has 0 spiro atoms. The van der Waals surface area contributed by atoms with Gasteiger partial charge in [-0.25, -0.2) is 0 Å². The highest BCUT2D eigenvalue weighted by Gasteiger charge is 2.13. The molecule has 2 N–H and O–H groups in total. The zero-order chi connectivity index (χ0) is 18.8. The van der Waals surface area contributed by atoms with Crippen LogP contribution in [0.25, 0.3) is 0 Å². The minimum atomic E-state index is 0.701. The Morgan fingerprint density at radius 3 is 1.23 bits per heavy atom. The average Bonchev–Trinajstić information content (AvgIpc) is 3.08. The third kappa shape index (κ3) is 7.15. The zero-order valence-electron chi connectivity index (χ0n) is 16.1. The lowest BCUT2D eigenvalue weighted by Crippen LogP contribution is -2.39. The summed E-state index contributed by atoms with van der Waals surface area (Å²) in [7, 11) is 0. The molecule has 2 aliphatic rings. The van der Waals surface area contributed by atoms with Crippen LogP contribution in [0.3, 0.4) is 0 Å². The van der Waals surface area contributed by atoms with Crippen LogP contribution in [0.2, 0.25) is 0 Å². The molecule has 0 amide bonds. The fourth-order valence-electron chi connectivity index (χ4n) is 3.11. The van der Waals surface area contributed by atoms with Gasteiger partial charge in [-0.2, -0.15) is 10.2 Å². The quantitative estimate of drug-likeness (QED) is 0.434. The number of hydrazone groups is 2. The topological polar surface area (TPSA) is 55.3 Å². The minimum Gasteiger partial charge on any atom is -0.348 e. The molecule has 2 heterocycles. The van der Waals surface area contributed by atoms with Crippen LogP contribution >= 0.6 is 24.4 Å². The van der Waals surface area contributed by atoms with Gasteiger partial charge in [0.15, 0.2) is 10.2 Å². The second-order valence-corrected chi connectivity index (χ2v) is 7.80. The van der Waals surface area contributed by atoms with Crippen molar-refractivity contribution >= 4 is 46.1 Å². The number of rotatable bonds is 3.